The van der Waals surface area contributed by atoms with Gasteiger partial charge >= 0.3 is 5.97 Å². The van der Waals surface area contributed by atoms with Crippen LogP contribution in [0.4, 0.5) is 0 Å². The van der Waals surface area contributed by atoms with E-state index in [0.29, 0.717) is 6.42 Å². The Balaban J connectivity index is 2.43. The topological polar surface area (TPSA) is 86.6 Å². The van der Waals surface area contributed by atoms with E-state index in [1.165, 1.54) is 5.56 Å². The van der Waals surface area contributed by atoms with Crippen LogP contribution >= 0.6 is 0 Å². The number of aryl methyl sites for hydroxylation is 2. The lowest BCUT2D eigenvalue weighted by Crippen LogP contribution is -2.41. The predicted octanol–water partition coefficient (Wildman–Crippen LogP) is 1.13. The number of benzene rings is 1. The van der Waals surface area contributed by atoms with Crippen molar-refractivity contribution < 1.29 is 19.8 Å². The summed E-state index contributed by atoms with van der Waals surface area (Å²) in [5.41, 5.74) is 2.29. The Morgan fingerprint density at radius 1 is 1.20 bits per heavy atom. The molecular formula is C15H21NO4. The van der Waals surface area contributed by atoms with Crippen LogP contribution in [0.3, 0.4) is 0 Å². The molecule has 0 unspecified atom stereocenters. The van der Waals surface area contributed by atoms with E-state index in [9.17, 15) is 9.59 Å². The third-order valence-electron chi connectivity index (χ3n) is 3.12. The minimum atomic E-state index is -1.13. The van der Waals surface area contributed by atoms with E-state index in [0.717, 1.165) is 12.0 Å². The van der Waals surface area contributed by atoms with Crippen molar-refractivity contribution in [2.75, 3.05) is 6.61 Å². The Labute approximate surface area is 118 Å². The van der Waals surface area contributed by atoms with Gasteiger partial charge in [0.2, 0.25) is 5.91 Å². The van der Waals surface area contributed by atoms with Gasteiger partial charge in [-0.05, 0) is 24.0 Å². The fraction of sp³-hybridized carbons (Fsp3) is 0.467. The molecule has 0 bridgehead atoms. The fourth-order valence-electron chi connectivity index (χ4n) is 1.85. The Kier molecular flexibility index (Phi) is 6.73. The van der Waals surface area contributed by atoms with Gasteiger partial charge in [-0.25, -0.2) is 4.79 Å². The number of nitrogens with one attached hydrogen (secondary N) is 1. The van der Waals surface area contributed by atoms with E-state index in [4.69, 9.17) is 10.2 Å². The molecule has 0 heterocycles. The van der Waals surface area contributed by atoms with Crippen LogP contribution in [-0.4, -0.2) is 34.7 Å². The summed E-state index contributed by atoms with van der Waals surface area (Å²) in [6, 6.07) is 7.00. The van der Waals surface area contributed by atoms with Gasteiger partial charge in [-0.2, -0.15) is 0 Å². The van der Waals surface area contributed by atoms with Gasteiger partial charge < -0.3 is 15.5 Å². The van der Waals surface area contributed by atoms with E-state index in [-0.39, 0.29) is 25.4 Å². The van der Waals surface area contributed by atoms with Crippen LogP contribution in [0.15, 0.2) is 24.3 Å². The number of amides is 1. The molecule has 0 spiro atoms. The van der Waals surface area contributed by atoms with Crippen molar-refractivity contribution in [2.24, 2.45) is 0 Å². The summed E-state index contributed by atoms with van der Waals surface area (Å²) >= 11 is 0. The first-order valence-corrected chi connectivity index (χ1v) is 6.77. The highest BCUT2D eigenvalue weighted by Crippen LogP contribution is 2.07. The van der Waals surface area contributed by atoms with Crippen LogP contribution in [-0.2, 0) is 22.4 Å². The molecule has 5 nitrogen and oxygen atoms in total. The maximum atomic E-state index is 11.7. The fourth-order valence-corrected chi connectivity index (χ4v) is 1.85. The summed E-state index contributed by atoms with van der Waals surface area (Å²) in [7, 11) is 0. The second-order valence-corrected chi connectivity index (χ2v) is 4.64. The number of rotatable bonds is 8. The molecular weight excluding hydrogens is 258 g/mol. The van der Waals surface area contributed by atoms with Gasteiger partial charge in [0, 0.05) is 19.4 Å². The molecule has 1 rings (SSSR count). The number of hydrogen-bond acceptors (Lipinski definition) is 3. The number of carboxylic acid groups (broad SMARTS) is 1. The third kappa shape index (κ3) is 5.40. The van der Waals surface area contributed by atoms with Gasteiger partial charge in [0.05, 0.1) is 0 Å². The normalized spacial score (nSPS) is 11.9. The average Bonchev–Trinajstić information content (AvgIpc) is 2.45. The molecule has 0 fully saturated rings. The SMILES string of the molecule is CCc1ccc(CCC(=O)N[C@@H](CCO)C(=O)O)cc1. The largest absolute Gasteiger partial charge is 0.480 e. The first-order chi connectivity index (χ1) is 9.56. The minimum absolute atomic E-state index is 0.0201. The number of hydrogen-bond donors (Lipinski definition) is 3. The first kappa shape index (κ1) is 16.2. The quantitative estimate of drug-likeness (QED) is 0.666. The minimum Gasteiger partial charge on any atom is -0.480 e. The molecule has 0 aliphatic rings. The molecule has 110 valence electrons. The van der Waals surface area contributed by atoms with Gasteiger partial charge in [-0.15, -0.1) is 0 Å². The molecule has 0 saturated carbocycles. The summed E-state index contributed by atoms with van der Waals surface area (Å²) in [6.45, 7) is 1.81. The van der Waals surface area contributed by atoms with Gasteiger partial charge in [0.1, 0.15) is 6.04 Å². The lowest BCUT2D eigenvalue weighted by atomic mass is 10.1. The molecule has 1 amide bonds. The van der Waals surface area contributed by atoms with Crippen molar-refractivity contribution in [3.05, 3.63) is 35.4 Å². The van der Waals surface area contributed by atoms with Crippen LogP contribution in [0.2, 0.25) is 0 Å². The summed E-state index contributed by atoms with van der Waals surface area (Å²) in [4.78, 5) is 22.5. The zero-order chi connectivity index (χ0) is 15.0. The number of carbonyl (C=O) groups is 2. The first-order valence-electron chi connectivity index (χ1n) is 6.77. The number of aliphatic carboxylic acids is 1. The average molecular weight is 279 g/mol. The smallest absolute Gasteiger partial charge is 0.326 e. The van der Waals surface area contributed by atoms with E-state index < -0.39 is 12.0 Å². The summed E-state index contributed by atoms with van der Waals surface area (Å²) < 4.78 is 0. The van der Waals surface area contributed by atoms with E-state index in [1.807, 2.05) is 24.3 Å². The van der Waals surface area contributed by atoms with Crippen molar-refractivity contribution in [1.82, 2.24) is 5.32 Å². The number of carbonyl (C=O) groups excluding carboxylic acids is 1. The Morgan fingerprint density at radius 3 is 2.30 bits per heavy atom. The van der Waals surface area contributed by atoms with Crippen molar-refractivity contribution >= 4 is 11.9 Å². The summed E-state index contributed by atoms with van der Waals surface area (Å²) in [6.07, 6.45) is 1.80. The predicted molar refractivity (Wildman–Crippen MR) is 75.4 cm³/mol. The number of carboxylic acids is 1. The molecule has 1 aromatic rings. The number of aliphatic hydroxyl groups excluding tert-OH is 1. The molecule has 0 radical (unpaired) electrons. The number of aliphatic hydroxyl groups is 1. The van der Waals surface area contributed by atoms with Crippen molar-refractivity contribution in [3.63, 3.8) is 0 Å². The van der Waals surface area contributed by atoms with Gasteiger partial charge in [-0.3, -0.25) is 4.79 Å². The van der Waals surface area contributed by atoms with Crippen LogP contribution < -0.4 is 5.32 Å². The molecule has 0 aliphatic carbocycles. The monoisotopic (exact) mass is 279 g/mol. The van der Waals surface area contributed by atoms with Crippen molar-refractivity contribution in [1.29, 1.82) is 0 Å². The maximum Gasteiger partial charge on any atom is 0.326 e. The molecule has 1 aromatic carbocycles. The molecule has 5 heteroatoms. The second-order valence-electron chi connectivity index (χ2n) is 4.64. The highest BCUT2D eigenvalue weighted by Gasteiger charge is 2.18. The zero-order valence-electron chi connectivity index (χ0n) is 11.6. The van der Waals surface area contributed by atoms with Gasteiger partial charge in [0.15, 0.2) is 0 Å². The Morgan fingerprint density at radius 2 is 1.80 bits per heavy atom. The molecule has 20 heavy (non-hydrogen) atoms. The van der Waals surface area contributed by atoms with E-state index >= 15 is 0 Å². The Hall–Kier alpha value is -1.88. The summed E-state index contributed by atoms with van der Waals surface area (Å²) in [5.74, 6) is -1.44. The zero-order valence-corrected chi connectivity index (χ0v) is 11.6. The highest BCUT2D eigenvalue weighted by atomic mass is 16.4. The molecule has 3 N–H and O–H groups in total. The van der Waals surface area contributed by atoms with Gasteiger partial charge in [0.25, 0.3) is 0 Å². The van der Waals surface area contributed by atoms with E-state index in [2.05, 4.69) is 12.2 Å². The standard InChI is InChI=1S/C15H21NO4/c1-2-11-3-5-12(6-4-11)7-8-14(18)16-13(9-10-17)15(19)20/h3-6,13,17H,2,7-10H2,1H3,(H,16,18)(H,19,20)/t13-/m0/s1. The van der Waals surface area contributed by atoms with Crippen LogP contribution in [0, 0.1) is 0 Å². The van der Waals surface area contributed by atoms with E-state index in [1.54, 1.807) is 0 Å². The van der Waals surface area contributed by atoms with Crippen LogP contribution in [0.5, 0.6) is 0 Å². The van der Waals surface area contributed by atoms with Crippen LogP contribution in [0.1, 0.15) is 30.9 Å². The molecule has 0 aromatic heterocycles. The van der Waals surface area contributed by atoms with Crippen molar-refractivity contribution in [2.45, 2.75) is 38.6 Å². The maximum absolute atomic E-state index is 11.7. The molecule has 0 aliphatic heterocycles. The molecule has 1 atom stereocenters. The van der Waals surface area contributed by atoms with Gasteiger partial charge in [-0.1, -0.05) is 31.2 Å². The van der Waals surface area contributed by atoms with Crippen LogP contribution in [0.25, 0.3) is 0 Å². The lowest BCUT2D eigenvalue weighted by molar-refractivity contribution is -0.142. The second kappa shape index (κ2) is 8.32. The van der Waals surface area contributed by atoms with Crippen molar-refractivity contribution in [3.8, 4) is 0 Å². The Bertz CT molecular complexity index is 442. The third-order valence-corrected chi connectivity index (χ3v) is 3.12. The molecule has 0 saturated heterocycles. The highest BCUT2D eigenvalue weighted by molar-refractivity contribution is 5.83. The summed E-state index contributed by atoms with van der Waals surface area (Å²) in [5, 5.41) is 20.0. The lowest BCUT2D eigenvalue weighted by Gasteiger charge is -2.13.